The molecule has 2 heterocycles. The molecule has 29 heavy (non-hydrogen) atoms. The lowest BCUT2D eigenvalue weighted by Gasteiger charge is -2.28. The van der Waals surface area contributed by atoms with Crippen LogP contribution in [0.3, 0.4) is 0 Å². The molecular formula is C21H21N5O3. The number of rotatable bonds is 5. The van der Waals surface area contributed by atoms with Crippen LogP contribution in [0, 0.1) is 0 Å². The summed E-state index contributed by atoms with van der Waals surface area (Å²) in [5.41, 5.74) is 2.70. The Balaban J connectivity index is 1.75. The smallest absolute Gasteiger partial charge is 0.255 e. The highest BCUT2D eigenvalue weighted by atomic mass is 16.5. The summed E-state index contributed by atoms with van der Waals surface area (Å²) < 4.78 is 12.4. The summed E-state index contributed by atoms with van der Waals surface area (Å²) >= 11 is 0. The lowest BCUT2D eigenvalue weighted by Crippen LogP contribution is -2.31. The Hall–Kier alpha value is -3.81. The number of aromatic nitrogens is 3. The maximum absolute atomic E-state index is 13.4. The van der Waals surface area contributed by atoms with Crippen molar-refractivity contribution in [2.45, 2.75) is 13.0 Å². The molecule has 0 spiro atoms. The van der Waals surface area contributed by atoms with Gasteiger partial charge in [0.25, 0.3) is 5.91 Å². The number of anilines is 2. The van der Waals surface area contributed by atoms with Crippen LogP contribution < -0.4 is 20.1 Å². The van der Waals surface area contributed by atoms with Gasteiger partial charge in [-0.15, -0.1) is 0 Å². The van der Waals surface area contributed by atoms with Gasteiger partial charge in [0.05, 0.1) is 25.5 Å². The predicted octanol–water partition coefficient (Wildman–Crippen LogP) is 3.22. The Morgan fingerprint density at radius 3 is 2.66 bits per heavy atom. The molecule has 1 aliphatic heterocycles. The van der Waals surface area contributed by atoms with Crippen molar-refractivity contribution in [3.05, 3.63) is 71.7 Å². The molecule has 0 saturated carbocycles. The predicted molar refractivity (Wildman–Crippen MR) is 109 cm³/mol. The first-order valence-electron chi connectivity index (χ1n) is 9.08. The fourth-order valence-corrected chi connectivity index (χ4v) is 3.43. The van der Waals surface area contributed by atoms with Gasteiger partial charge in [-0.25, -0.2) is 4.68 Å². The van der Waals surface area contributed by atoms with Gasteiger partial charge in [0.1, 0.15) is 23.9 Å². The number of nitrogens with one attached hydrogen (secondary N) is 2. The van der Waals surface area contributed by atoms with E-state index in [0.717, 1.165) is 5.56 Å². The van der Waals surface area contributed by atoms with Crippen molar-refractivity contribution < 1.29 is 14.3 Å². The minimum atomic E-state index is -0.411. The number of carbonyl (C=O) groups is 1. The zero-order valence-electron chi connectivity index (χ0n) is 16.3. The highest BCUT2D eigenvalue weighted by molar-refractivity contribution is 6.06. The Kier molecular flexibility index (Phi) is 4.90. The SMILES string of the molecule is COc1ccc(OC)c(NC(=O)C2=C(C)Nc3ncnn3[C@@H]2c2ccccc2)c1. The molecular weight excluding hydrogens is 370 g/mol. The molecule has 1 aromatic heterocycles. The minimum Gasteiger partial charge on any atom is -0.497 e. The number of hydrogen-bond acceptors (Lipinski definition) is 6. The third kappa shape index (κ3) is 3.40. The van der Waals surface area contributed by atoms with Crippen molar-refractivity contribution in [2.75, 3.05) is 24.9 Å². The molecule has 1 atom stereocenters. The summed E-state index contributed by atoms with van der Waals surface area (Å²) in [6.45, 7) is 1.85. The van der Waals surface area contributed by atoms with Crippen molar-refractivity contribution in [3.63, 3.8) is 0 Å². The van der Waals surface area contributed by atoms with Gasteiger partial charge in [0.2, 0.25) is 5.95 Å². The molecule has 0 radical (unpaired) electrons. The number of hydrogen-bond donors (Lipinski definition) is 2. The Bertz CT molecular complexity index is 1070. The van der Waals surface area contributed by atoms with Crippen LogP contribution >= 0.6 is 0 Å². The highest BCUT2D eigenvalue weighted by Crippen LogP contribution is 2.36. The van der Waals surface area contributed by atoms with Crippen LogP contribution in [0.25, 0.3) is 0 Å². The quantitative estimate of drug-likeness (QED) is 0.694. The number of benzene rings is 2. The number of ether oxygens (including phenoxy) is 2. The molecule has 0 fully saturated rings. The van der Waals surface area contributed by atoms with E-state index in [9.17, 15) is 4.79 Å². The fraction of sp³-hybridized carbons (Fsp3) is 0.190. The van der Waals surface area contributed by atoms with Crippen LogP contribution in [0.1, 0.15) is 18.5 Å². The zero-order chi connectivity index (χ0) is 20.4. The second-order valence-electron chi connectivity index (χ2n) is 6.53. The summed E-state index contributed by atoms with van der Waals surface area (Å²) in [6.07, 6.45) is 1.47. The van der Waals surface area contributed by atoms with E-state index in [1.807, 2.05) is 37.3 Å². The molecule has 0 saturated heterocycles. The lowest BCUT2D eigenvalue weighted by atomic mass is 9.95. The highest BCUT2D eigenvalue weighted by Gasteiger charge is 2.33. The maximum atomic E-state index is 13.4. The number of fused-ring (bicyclic) bond motifs is 1. The average Bonchev–Trinajstić information content (AvgIpc) is 3.21. The standard InChI is InChI=1S/C21H21N5O3/c1-13-18(20(27)25-16-11-15(28-2)9-10-17(16)29-3)19(14-7-5-4-6-8-14)26-21(24-13)22-12-23-26/h4-12,19H,1-3H3,(H,25,27)(H,22,23,24)/t19-/m1/s1. The average molecular weight is 391 g/mol. The summed E-state index contributed by atoms with van der Waals surface area (Å²) in [4.78, 5) is 17.6. The molecule has 2 N–H and O–H groups in total. The lowest BCUT2D eigenvalue weighted by molar-refractivity contribution is -0.113. The van der Waals surface area contributed by atoms with E-state index in [-0.39, 0.29) is 5.91 Å². The molecule has 0 unspecified atom stereocenters. The monoisotopic (exact) mass is 391 g/mol. The second kappa shape index (κ2) is 7.67. The van der Waals surface area contributed by atoms with Crippen LogP contribution in [0.2, 0.25) is 0 Å². The number of nitrogens with zero attached hydrogens (tertiary/aromatic N) is 3. The number of methoxy groups -OCH3 is 2. The normalized spacial score (nSPS) is 15.3. The van der Waals surface area contributed by atoms with Crippen molar-refractivity contribution in [2.24, 2.45) is 0 Å². The van der Waals surface area contributed by atoms with Crippen LogP contribution in [0.15, 0.2) is 66.1 Å². The largest absolute Gasteiger partial charge is 0.497 e. The first kappa shape index (κ1) is 18.5. The van der Waals surface area contributed by atoms with Gasteiger partial charge in [-0.1, -0.05) is 30.3 Å². The van der Waals surface area contributed by atoms with Gasteiger partial charge < -0.3 is 20.1 Å². The molecule has 3 aromatic rings. The van der Waals surface area contributed by atoms with Gasteiger partial charge in [-0.2, -0.15) is 10.1 Å². The first-order valence-corrected chi connectivity index (χ1v) is 9.08. The molecule has 8 nitrogen and oxygen atoms in total. The summed E-state index contributed by atoms with van der Waals surface area (Å²) in [6, 6.07) is 14.6. The molecule has 4 rings (SSSR count). The maximum Gasteiger partial charge on any atom is 0.255 e. The number of allylic oxidation sites excluding steroid dienone is 1. The van der Waals surface area contributed by atoms with Gasteiger partial charge in [-0.05, 0) is 24.6 Å². The van der Waals surface area contributed by atoms with E-state index in [1.54, 1.807) is 37.1 Å². The molecule has 2 aromatic carbocycles. The van der Waals surface area contributed by atoms with Crippen molar-refractivity contribution in [1.82, 2.24) is 14.8 Å². The molecule has 148 valence electrons. The molecule has 1 amide bonds. The van der Waals surface area contributed by atoms with Crippen molar-refractivity contribution in [1.29, 1.82) is 0 Å². The van der Waals surface area contributed by atoms with Gasteiger partial charge in [0.15, 0.2) is 0 Å². The van der Waals surface area contributed by atoms with Gasteiger partial charge in [-0.3, -0.25) is 4.79 Å². The van der Waals surface area contributed by atoms with Crippen LogP contribution in [0.4, 0.5) is 11.6 Å². The van der Waals surface area contributed by atoms with E-state index < -0.39 is 6.04 Å². The third-order valence-electron chi connectivity index (χ3n) is 4.81. The topological polar surface area (TPSA) is 90.3 Å². The second-order valence-corrected chi connectivity index (χ2v) is 6.53. The van der Waals surface area contributed by atoms with Crippen LogP contribution in [-0.4, -0.2) is 34.9 Å². The molecule has 0 aliphatic carbocycles. The Morgan fingerprint density at radius 1 is 1.14 bits per heavy atom. The molecule has 1 aliphatic rings. The Morgan fingerprint density at radius 2 is 1.93 bits per heavy atom. The van der Waals surface area contributed by atoms with Gasteiger partial charge >= 0.3 is 0 Å². The number of carbonyl (C=O) groups excluding carboxylic acids is 1. The zero-order valence-corrected chi connectivity index (χ0v) is 16.3. The fourth-order valence-electron chi connectivity index (χ4n) is 3.43. The molecule has 0 bridgehead atoms. The number of amides is 1. The van der Waals surface area contributed by atoms with E-state index in [2.05, 4.69) is 20.7 Å². The minimum absolute atomic E-state index is 0.267. The van der Waals surface area contributed by atoms with Gasteiger partial charge in [0, 0.05) is 11.8 Å². The van der Waals surface area contributed by atoms with Crippen LogP contribution in [0.5, 0.6) is 11.5 Å². The van der Waals surface area contributed by atoms with Crippen molar-refractivity contribution >= 4 is 17.5 Å². The van der Waals surface area contributed by atoms with E-state index >= 15 is 0 Å². The van der Waals surface area contributed by atoms with E-state index in [4.69, 9.17) is 9.47 Å². The van der Waals surface area contributed by atoms with E-state index in [0.29, 0.717) is 34.4 Å². The molecule has 8 heteroatoms. The summed E-state index contributed by atoms with van der Waals surface area (Å²) in [5, 5.41) is 10.4. The third-order valence-corrected chi connectivity index (χ3v) is 4.81. The van der Waals surface area contributed by atoms with Crippen molar-refractivity contribution in [3.8, 4) is 11.5 Å². The summed E-state index contributed by atoms with van der Waals surface area (Å²) in [5.74, 6) is 1.48. The van der Waals surface area contributed by atoms with Crippen LogP contribution in [-0.2, 0) is 4.79 Å². The van der Waals surface area contributed by atoms with E-state index in [1.165, 1.54) is 6.33 Å². The summed E-state index contributed by atoms with van der Waals surface area (Å²) in [7, 11) is 3.13. The Labute approximate surface area is 168 Å². The first-order chi connectivity index (χ1) is 14.1.